The maximum Gasteiger partial charge on any atom is 0.177 e. The molecule has 17 heavy (non-hydrogen) atoms. The van der Waals surface area contributed by atoms with Crippen LogP contribution >= 0.6 is 0 Å². The number of hydrogen-bond donors (Lipinski definition) is 1. The lowest BCUT2D eigenvalue weighted by Gasteiger charge is -1.93. The summed E-state index contributed by atoms with van der Waals surface area (Å²) >= 11 is 0. The minimum atomic E-state index is 0.791. The van der Waals surface area contributed by atoms with E-state index in [2.05, 4.69) is 21.9 Å². The van der Waals surface area contributed by atoms with E-state index in [0.717, 1.165) is 35.6 Å². The van der Waals surface area contributed by atoms with E-state index in [1.54, 1.807) is 12.5 Å². The monoisotopic (exact) mass is 227 g/mol. The van der Waals surface area contributed by atoms with E-state index >= 15 is 0 Å². The van der Waals surface area contributed by atoms with Crippen LogP contribution in [0.15, 0.2) is 35.1 Å². The molecule has 0 aliphatic carbocycles. The fourth-order valence-corrected chi connectivity index (χ4v) is 1.90. The van der Waals surface area contributed by atoms with E-state index in [9.17, 15) is 0 Å². The Hall–Kier alpha value is -2.10. The molecule has 0 amide bonds. The van der Waals surface area contributed by atoms with Crippen LogP contribution in [0.3, 0.4) is 0 Å². The number of imidazole rings is 1. The van der Waals surface area contributed by atoms with Crippen molar-refractivity contribution in [1.29, 1.82) is 0 Å². The zero-order valence-corrected chi connectivity index (χ0v) is 9.60. The van der Waals surface area contributed by atoms with Gasteiger partial charge in [-0.25, -0.2) is 9.97 Å². The van der Waals surface area contributed by atoms with Crippen LogP contribution in [0.4, 0.5) is 0 Å². The zero-order chi connectivity index (χ0) is 11.7. The van der Waals surface area contributed by atoms with Gasteiger partial charge >= 0.3 is 0 Å². The van der Waals surface area contributed by atoms with Gasteiger partial charge in [0.2, 0.25) is 0 Å². The van der Waals surface area contributed by atoms with Crippen molar-refractivity contribution in [3.8, 4) is 0 Å². The Kier molecular flexibility index (Phi) is 2.40. The summed E-state index contributed by atoms with van der Waals surface area (Å²) in [6.45, 7) is 2.05. The highest BCUT2D eigenvalue weighted by Gasteiger charge is 2.06. The van der Waals surface area contributed by atoms with Crippen molar-refractivity contribution in [2.24, 2.45) is 0 Å². The Labute approximate surface area is 98.7 Å². The normalized spacial score (nSPS) is 11.1. The van der Waals surface area contributed by atoms with Crippen LogP contribution in [0, 0.1) is 6.92 Å². The third kappa shape index (κ3) is 1.93. The largest absolute Gasteiger partial charge is 0.469 e. The number of furan rings is 1. The average molecular weight is 227 g/mol. The van der Waals surface area contributed by atoms with Gasteiger partial charge in [-0.1, -0.05) is 0 Å². The van der Waals surface area contributed by atoms with Gasteiger partial charge in [0, 0.05) is 19.0 Å². The van der Waals surface area contributed by atoms with E-state index in [4.69, 9.17) is 4.42 Å². The highest BCUT2D eigenvalue weighted by atomic mass is 16.3. The lowest BCUT2D eigenvalue weighted by molar-refractivity contribution is 0.507. The van der Waals surface area contributed by atoms with Crippen molar-refractivity contribution in [2.75, 3.05) is 0 Å². The zero-order valence-electron chi connectivity index (χ0n) is 9.60. The summed E-state index contributed by atoms with van der Waals surface area (Å²) < 4.78 is 5.30. The predicted molar refractivity (Wildman–Crippen MR) is 64.7 cm³/mol. The second-order valence-electron chi connectivity index (χ2n) is 4.09. The molecule has 0 fully saturated rings. The molecular weight excluding hydrogens is 214 g/mol. The molecule has 0 saturated heterocycles. The first-order valence-electron chi connectivity index (χ1n) is 5.65. The Bertz CT molecular complexity index is 625. The Morgan fingerprint density at radius 2 is 2.24 bits per heavy atom. The molecule has 0 bridgehead atoms. The number of fused-ring (bicyclic) bond motifs is 1. The van der Waals surface area contributed by atoms with Gasteiger partial charge in [0.1, 0.15) is 11.6 Å². The molecule has 3 rings (SSSR count). The van der Waals surface area contributed by atoms with Crippen LogP contribution in [0.2, 0.25) is 0 Å². The maximum atomic E-state index is 5.30. The predicted octanol–water partition coefficient (Wildman–Crippen LogP) is 2.64. The van der Waals surface area contributed by atoms with Crippen molar-refractivity contribution in [1.82, 2.24) is 15.0 Å². The van der Waals surface area contributed by atoms with Crippen molar-refractivity contribution in [3.63, 3.8) is 0 Å². The quantitative estimate of drug-likeness (QED) is 0.748. The molecule has 0 aliphatic rings. The molecule has 86 valence electrons. The minimum absolute atomic E-state index is 0.791. The fourth-order valence-electron chi connectivity index (χ4n) is 1.90. The minimum Gasteiger partial charge on any atom is -0.469 e. The average Bonchev–Trinajstić information content (AvgIpc) is 2.95. The van der Waals surface area contributed by atoms with E-state index in [1.807, 2.05) is 18.2 Å². The van der Waals surface area contributed by atoms with Gasteiger partial charge in [-0.3, -0.25) is 0 Å². The molecule has 0 aromatic carbocycles. The lowest BCUT2D eigenvalue weighted by Crippen LogP contribution is -1.91. The van der Waals surface area contributed by atoms with E-state index in [1.165, 1.54) is 5.56 Å². The summed E-state index contributed by atoms with van der Waals surface area (Å²) in [6, 6.07) is 5.86. The molecule has 0 saturated carbocycles. The second kappa shape index (κ2) is 4.05. The first kappa shape index (κ1) is 10.1. The first-order valence-corrected chi connectivity index (χ1v) is 5.65. The molecule has 0 atom stereocenters. The van der Waals surface area contributed by atoms with Crippen LogP contribution in [0.25, 0.3) is 11.2 Å². The van der Waals surface area contributed by atoms with Crippen molar-refractivity contribution in [2.45, 2.75) is 19.8 Å². The third-order valence-corrected chi connectivity index (χ3v) is 2.84. The molecular formula is C13H13N3O. The molecule has 0 unspecified atom stereocenters. The Morgan fingerprint density at radius 1 is 1.29 bits per heavy atom. The molecule has 1 N–H and O–H groups in total. The second-order valence-corrected chi connectivity index (χ2v) is 4.09. The highest BCUT2D eigenvalue weighted by molar-refractivity contribution is 5.74. The van der Waals surface area contributed by atoms with E-state index < -0.39 is 0 Å². The summed E-state index contributed by atoms with van der Waals surface area (Å²) in [7, 11) is 0. The van der Waals surface area contributed by atoms with Gasteiger partial charge in [-0.15, -0.1) is 0 Å². The highest BCUT2D eigenvalue weighted by Crippen LogP contribution is 2.14. The number of aryl methyl sites for hydroxylation is 3. The van der Waals surface area contributed by atoms with Gasteiger partial charge < -0.3 is 9.40 Å². The van der Waals surface area contributed by atoms with E-state index in [-0.39, 0.29) is 0 Å². The van der Waals surface area contributed by atoms with Crippen molar-refractivity contribution < 1.29 is 4.42 Å². The number of nitrogens with one attached hydrogen (secondary N) is 1. The molecule has 3 heterocycles. The summed E-state index contributed by atoms with van der Waals surface area (Å²) in [5, 5.41) is 0. The van der Waals surface area contributed by atoms with Crippen LogP contribution in [0.5, 0.6) is 0 Å². The fraction of sp³-hybridized carbons (Fsp3) is 0.231. The SMILES string of the molecule is Cc1ccnc2nc(CCc3ccco3)[nH]c12. The van der Waals surface area contributed by atoms with Crippen molar-refractivity contribution >= 4 is 11.2 Å². The summed E-state index contributed by atoms with van der Waals surface area (Å²) in [4.78, 5) is 12.0. The molecule has 4 nitrogen and oxygen atoms in total. The van der Waals surface area contributed by atoms with Crippen LogP contribution in [0.1, 0.15) is 17.1 Å². The molecule has 0 aliphatic heterocycles. The summed E-state index contributed by atoms with van der Waals surface area (Å²) in [5.41, 5.74) is 2.99. The molecule has 4 heteroatoms. The topological polar surface area (TPSA) is 54.7 Å². The maximum absolute atomic E-state index is 5.30. The lowest BCUT2D eigenvalue weighted by atomic mass is 10.2. The standard InChI is InChI=1S/C13H13N3O/c1-9-6-7-14-13-12(9)15-11(16-13)5-4-10-3-2-8-17-10/h2-3,6-8H,4-5H2,1H3,(H,14,15,16). The Balaban J connectivity index is 1.84. The van der Waals surface area contributed by atoms with Crippen LogP contribution in [-0.4, -0.2) is 15.0 Å². The number of H-pyrrole nitrogens is 1. The first-order chi connectivity index (χ1) is 8.33. The number of nitrogens with zero attached hydrogens (tertiary/aromatic N) is 2. The Morgan fingerprint density at radius 3 is 3.00 bits per heavy atom. The summed E-state index contributed by atoms with van der Waals surface area (Å²) in [6.07, 6.45) is 5.17. The number of aromatic amines is 1. The molecule has 3 aromatic heterocycles. The molecule has 0 radical (unpaired) electrons. The molecule has 0 spiro atoms. The van der Waals surface area contributed by atoms with Gasteiger partial charge in [0.15, 0.2) is 5.65 Å². The van der Waals surface area contributed by atoms with E-state index in [0.29, 0.717) is 0 Å². The van der Waals surface area contributed by atoms with Crippen LogP contribution in [-0.2, 0) is 12.8 Å². The number of pyridine rings is 1. The van der Waals surface area contributed by atoms with Gasteiger partial charge in [-0.2, -0.15) is 0 Å². The number of aromatic nitrogens is 3. The van der Waals surface area contributed by atoms with Gasteiger partial charge in [-0.05, 0) is 30.7 Å². The van der Waals surface area contributed by atoms with Gasteiger partial charge in [0.25, 0.3) is 0 Å². The van der Waals surface area contributed by atoms with Gasteiger partial charge in [0.05, 0.1) is 11.8 Å². The third-order valence-electron chi connectivity index (χ3n) is 2.84. The smallest absolute Gasteiger partial charge is 0.177 e. The van der Waals surface area contributed by atoms with Crippen LogP contribution < -0.4 is 0 Å². The van der Waals surface area contributed by atoms with Crippen molar-refractivity contribution in [3.05, 3.63) is 47.8 Å². The summed E-state index contributed by atoms with van der Waals surface area (Å²) in [5.74, 6) is 1.94. The molecule has 3 aromatic rings. The number of hydrogen-bond acceptors (Lipinski definition) is 3. The number of rotatable bonds is 3.